The van der Waals surface area contributed by atoms with Gasteiger partial charge in [0.15, 0.2) is 0 Å². The van der Waals surface area contributed by atoms with Gasteiger partial charge in [0.05, 0.1) is 9.77 Å². The summed E-state index contributed by atoms with van der Waals surface area (Å²) in [6.45, 7) is 0. The second-order valence-corrected chi connectivity index (χ2v) is 3.53. The molecule has 0 aliphatic rings. The lowest BCUT2D eigenvalue weighted by molar-refractivity contribution is 0.216. The zero-order chi connectivity index (χ0) is 8.43. The summed E-state index contributed by atoms with van der Waals surface area (Å²) < 4.78 is 2.26. The lowest BCUT2D eigenvalue weighted by atomic mass is 10.7. The first kappa shape index (κ1) is 8.51. The summed E-state index contributed by atoms with van der Waals surface area (Å²) in [5, 5.41) is 3.85. The van der Waals surface area contributed by atoms with Crippen molar-refractivity contribution in [2.45, 2.75) is 0 Å². The Balaban J connectivity index is 2.85. The Morgan fingerprint density at radius 2 is 2.36 bits per heavy atom. The van der Waals surface area contributed by atoms with Gasteiger partial charge in [-0.3, -0.25) is 0 Å². The monoisotopic (exact) mass is 265 g/mol. The molecular formula is C6H8IN3O. The molecule has 5 heteroatoms. The summed E-state index contributed by atoms with van der Waals surface area (Å²) in [7, 11) is 3.38. The van der Waals surface area contributed by atoms with Crippen LogP contribution in [0, 0.1) is 3.57 Å². The number of carbonyl (C=O) groups is 1. The Bertz CT molecular complexity index is 269. The predicted molar refractivity (Wildman–Crippen MR) is 49.4 cm³/mol. The molecule has 1 rings (SSSR count). The molecule has 0 aliphatic heterocycles. The van der Waals surface area contributed by atoms with Crippen LogP contribution in [0.3, 0.4) is 0 Å². The van der Waals surface area contributed by atoms with Crippen molar-refractivity contribution in [1.29, 1.82) is 0 Å². The fraction of sp³-hybridized carbons (Fsp3) is 0.333. The van der Waals surface area contributed by atoms with Crippen LogP contribution in [0.15, 0.2) is 12.4 Å². The molecule has 0 radical (unpaired) electrons. The van der Waals surface area contributed by atoms with E-state index in [1.165, 1.54) is 9.58 Å². The quantitative estimate of drug-likeness (QED) is 0.657. The molecule has 0 saturated heterocycles. The van der Waals surface area contributed by atoms with Gasteiger partial charge in [-0.2, -0.15) is 9.78 Å². The molecule has 0 aromatic carbocycles. The minimum absolute atomic E-state index is 0.132. The fourth-order valence-electron chi connectivity index (χ4n) is 0.610. The Hall–Kier alpha value is -0.590. The highest BCUT2D eigenvalue weighted by Gasteiger charge is 2.06. The van der Waals surface area contributed by atoms with Crippen LogP contribution >= 0.6 is 22.6 Å². The molecule has 0 aliphatic carbocycles. The largest absolute Gasteiger partial charge is 0.344 e. The van der Waals surface area contributed by atoms with E-state index in [9.17, 15) is 4.79 Å². The van der Waals surface area contributed by atoms with Crippen molar-refractivity contribution in [2.75, 3.05) is 14.1 Å². The third-order valence-corrected chi connectivity index (χ3v) is 1.69. The number of hydrogen-bond acceptors (Lipinski definition) is 2. The van der Waals surface area contributed by atoms with Crippen LogP contribution in [-0.4, -0.2) is 34.8 Å². The van der Waals surface area contributed by atoms with E-state index in [2.05, 4.69) is 27.7 Å². The van der Waals surface area contributed by atoms with E-state index < -0.39 is 0 Å². The maximum absolute atomic E-state index is 11.2. The fourth-order valence-corrected chi connectivity index (χ4v) is 0.999. The molecule has 0 unspecified atom stereocenters. The number of amides is 1. The molecule has 0 N–H and O–H groups in total. The van der Waals surface area contributed by atoms with E-state index in [0.717, 1.165) is 3.57 Å². The first-order valence-electron chi connectivity index (χ1n) is 3.03. The molecule has 1 heterocycles. The van der Waals surface area contributed by atoms with E-state index in [0.29, 0.717) is 0 Å². The first-order chi connectivity index (χ1) is 5.11. The van der Waals surface area contributed by atoms with Crippen LogP contribution in [0.1, 0.15) is 0 Å². The van der Waals surface area contributed by atoms with Crippen LogP contribution in [0.5, 0.6) is 0 Å². The first-order valence-corrected chi connectivity index (χ1v) is 4.11. The third kappa shape index (κ3) is 1.92. The Kier molecular flexibility index (Phi) is 2.48. The van der Waals surface area contributed by atoms with Crippen molar-refractivity contribution in [2.24, 2.45) is 0 Å². The second-order valence-electron chi connectivity index (χ2n) is 2.28. The number of carbonyl (C=O) groups excluding carboxylic acids is 1. The maximum atomic E-state index is 11.2. The average Bonchev–Trinajstić information content (AvgIpc) is 2.34. The van der Waals surface area contributed by atoms with Crippen LogP contribution in [-0.2, 0) is 0 Å². The number of rotatable bonds is 0. The lowest BCUT2D eigenvalue weighted by Gasteiger charge is -2.08. The molecule has 0 atom stereocenters. The van der Waals surface area contributed by atoms with E-state index >= 15 is 0 Å². The number of nitrogens with zero attached hydrogens (tertiary/aromatic N) is 3. The van der Waals surface area contributed by atoms with Crippen molar-refractivity contribution in [3.8, 4) is 0 Å². The van der Waals surface area contributed by atoms with Gasteiger partial charge in [0.2, 0.25) is 0 Å². The molecule has 1 aromatic rings. The van der Waals surface area contributed by atoms with Crippen LogP contribution < -0.4 is 0 Å². The van der Waals surface area contributed by atoms with Crippen molar-refractivity contribution < 1.29 is 4.79 Å². The zero-order valence-electron chi connectivity index (χ0n) is 6.28. The van der Waals surface area contributed by atoms with Gasteiger partial charge in [0.25, 0.3) is 0 Å². The predicted octanol–water partition coefficient (Wildman–Crippen LogP) is 1.02. The molecule has 11 heavy (non-hydrogen) atoms. The van der Waals surface area contributed by atoms with E-state index in [4.69, 9.17) is 0 Å². The Morgan fingerprint density at radius 3 is 2.73 bits per heavy atom. The standard InChI is InChI=1S/C6H8IN3O/c1-9(2)6(11)10-4-5(7)3-8-10/h3-4H,1-2H3. The van der Waals surface area contributed by atoms with Crippen LogP contribution in [0.2, 0.25) is 0 Å². The van der Waals surface area contributed by atoms with Gasteiger partial charge in [-0.05, 0) is 22.6 Å². The molecular weight excluding hydrogens is 257 g/mol. The molecule has 0 saturated carbocycles. The molecule has 60 valence electrons. The van der Waals surface area contributed by atoms with Gasteiger partial charge in [-0.1, -0.05) is 0 Å². The highest BCUT2D eigenvalue weighted by molar-refractivity contribution is 14.1. The highest BCUT2D eigenvalue weighted by atomic mass is 127. The smallest absolute Gasteiger partial charge is 0.329 e. The second kappa shape index (κ2) is 3.21. The number of hydrogen-bond donors (Lipinski definition) is 0. The Morgan fingerprint density at radius 1 is 1.73 bits per heavy atom. The molecule has 1 aromatic heterocycles. The van der Waals surface area contributed by atoms with E-state index in [-0.39, 0.29) is 6.03 Å². The van der Waals surface area contributed by atoms with Gasteiger partial charge in [-0.15, -0.1) is 0 Å². The van der Waals surface area contributed by atoms with Gasteiger partial charge in [0.1, 0.15) is 0 Å². The van der Waals surface area contributed by atoms with E-state index in [1.807, 2.05) is 0 Å². The minimum atomic E-state index is -0.132. The summed E-state index contributed by atoms with van der Waals surface area (Å²) in [6, 6.07) is -0.132. The maximum Gasteiger partial charge on any atom is 0.344 e. The molecule has 0 fully saturated rings. The molecule has 0 spiro atoms. The molecule has 4 nitrogen and oxygen atoms in total. The van der Waals surface area contributed by atoms with Gasteiger partial charge < -0.3 is 4.90 Å². The van der Waals surface area contributed by atoms with Crippen molar-refractivity contribution in [3.63, 3.8) is 0 Å². The normalized spacial score (nSPS) is 9.73. The van der Waals surface area contributed by atoms with Gasteiger partial charge in [0, 0.05) is 20.3 Å². The summed E-state index contributed by atoms with van der Waals surface area (Å²) in [4.78, 5) is 12.7. The van der Waals surface area contributed by atoms with Crippen LogP contribution in [0.25, 0.3) is 0 Å². The van der Waals surface area contributed by atoms with Crippen molar-refractivity contribution in [1.82, 2.24) is 14.7 Å². The summed E-state index contributed by atoms with van der Waals surface area (Å²) >= 11 is 2.10. The van der Waals surface area contributed by atoms with Crippen molar-refractivity contribution >= 4 is 28.6 Å². The molecule has 0 bridgehead atoms. The number of aromatic nitrogens is 2. The lowest BCUT2D eigenvalue weighted by Crippen LogP contribution is -2.27. The minimum Gasteiger partial charge on any atom is -0.329 e. The summed E-state index contributed by atoms with van der Waals surface area (Å²) in [5.41, 5.74) is 0. The summed E-state index contributed by atoms with van der Waals surface area (Å²) in [6.07, 6.45) is 3.32. The van der Waals surface area contributed by atoms with Gasteiger partial charge in [-0.25, -0.2) is 4.79 Å². The SMILES string of the molecule is CN(C)C(=O)n1cc(I)cn1. The average molecular weight is 265 g/mol. The van der Waals surface area contributed by atoms with Gasteiger partial charge >= 0.3 is 6.03 Å². The third-order valence-electron chi connectivity index (χ3n) is 1.13. The molecule has 1 amide bonds. The van der Waals surface area contributed by atoms with E-state index in [1.54, 1.807) is 26.5 Å². The van der Waals surface area contributed by atoms with Crippen molar-refractivity contribution in [3.05, 3.63) is 16.0 Å². The van der Waals surface area contributed by atoms with Crippen LogP contribution in [0.4, 0.5) is 4.79 Å². The Labute approximate surface area is 78.3 Å². The highest BCUT2D eigenvalue weighted by Crippen LogP contribution is 2.01. The zero-order valence-corrected chi connectivity index (χ0v) is 8.44. The number of halogens is 1. The summed E-state index contributed by atoms with van der Waals surface area (Å²) in [5.74, 6) is 0. The topological polar surface area (TPSA) is 38.1 Å².